The highest BCUT2D eigenvalue weighted by molar-refractivity contribution is 6.22. The third-order valence-corrected chi connectivity index (χ3v) is 4.47. The standard InChI is InChI=1S/C20H21NO2/c1-2-3-5-11-15(14-9-6-4-7-10-14)16-12-8-13-17-18(16)20(23)21-19(17)22/h4,6-10,12-13,15H,2-3,5,11H2,1H3,(H,21,22,23). The summed E-state index contributed by atoms with van der Waals surface area (Å²) in [6, 6.07) is 15.8. The Labute approximate surface area is 136 Å². The molecule has 1 aliphatic rings. The fourth-order valence-electron chi connectivity index (χ4n) is 3.32. The van der Waals surface area contributed by atoms with Crippen LogP contribution in [0.3, 0.4) is 0 Å². The van der Waals surface area contributed by atoms with E-state index in [0.717, 1.165) is 24.8 Å². The van der Waals surface area contributed by atoms with Crippen LogP contribution in [0.1, 0.15) is 70.4 Å². The summed E-state index contributed by atoms with van der Waals surface area (Å²) in [5.74, 6) is -0.404. The second kappa shape index (κ2) is 6.78. The van der Waals surface area contributed by atoms with E-state index >= 15 is 0 Å². The number of hydrogen-bond acceptors (Lipinski definition) is 2. The van der Waals surface area contributed by atoms with Crippen molar-refractivity contribution in [3.05, 3.63) is 70.8 Å². The number of imide groups is 1. The second-order valence-corrected chi connectivity index (χ2v) is 6.01. The van der Waals surface area contributed by atoms with Gasteiger partial charge in [0.2, 0.25) is 0 Å². The first kappa shape index (κ1) is 15.5. The minimum atomic E-state index is -0.285. The number of rotatable bonds is 6. The van der Waals surface area contributed by atoms with Gasteiger partial charge in [0.25, 0.3) is 11.8 Å². The molecule has 3 rings (SSSR count). The molecule has 0 radical (unpaired) electrons. The predicted octanol–water partition coefficient (Wildman–Crippen LogP) is 4.28. The Bertz CT molecular complexity index is 722. The van der Waals surface area contributed by atoms with Crippen molar-refractivity contribution < 1.29 is 9.59 Å². The van der Waals surface area contributed by atoms with Crippen LogP contribution in [0.4, 0.5) is 0 Å². The first-order valence-electron chi connectivity index (χ1n) is 8.26. The topological polar surface area (TPSA) is 46.2 Å². The molecule has 0 spiro atoms. The van der Waals surface area contributed by atoms with Gasteiger partial charge < -0.3 is 0 Å². The molecular formula is C20H21NO2. The molecule has 23 heavy (non-hydrogen) atoms. The molecule has 1 unspecified atom stereocenters. The van der Waals surface area contributed by atoms with Crippen LogP contribution >= 0.6 is 0 Å². The molecule has 2 aromatic carbocycles. The van der Waals surface area contributed by atoms with Crippen LogP contribution in [0.2, 0.25) is 0 Å². The van der Waals surface area contributed by atoms with Crippen molar-refractivity contribution in [3.8, 4) is 0 Å². The van der Waals surface area contributed by atoms with Crippen molar-refractivity contribution >= 4 is 11.8 Å². The summed E-state index contributed by atoms with van der Waals surface area (Å²) in [4.78, 5) is 24.1. The zero-order chi connectivity index (χ0) is 16.2. The maximum Gasteiger partial charge on any atom is 0.259 e. The summed E-state index contributed by atoms with van der Waals surface area (Å²) in [5, 5.41) is 2.42. The lowest BCUT2D eigenvalue weighted by Gasteiger charge is -2.20. The lowest BCUT2D eigenvalue weighted by Crippen LogP contribution is -2.20. The lowest BCUT2D eigenvalue weighted by molar-refractivity contribution is 0.0879. The predicted molar refractivity (Wildman–Crippen MR) is 90.7 cm³/mol. The third kappa shape index (κ3) is 3.04. The zero-order valence-corrected chi connectivity index (χ0v) is 13.3. The number of carbonyl (C=O) groups excluding carboxylic acids is 2. The maximum absolute atomic E-state index is 12.2. The van der Waals surface area contributed by atoms with Crippen LogP contribution in [0, 0.1) is 0 Å². The molecule has 0 fully saturated rings. The summed E-state index contributed by atoms with van der Waals surface area (Å²) in [5.41, 5.74) is 3.23. The van der Waals surface area contributed by atoms with Crippen molar-refractivity contribution in [2.24, 2.45) is 0 Å². The fourth-order valence-corrected chi connectivity index (χ4v) is 3.32. The van der Waals surface area contributed by atoms with E-state index in [0.29, 0.717) is 11.1 Å². The van der Waals surface area contributed by atoms with Crippen LogP contribution in [0.25, 0.3) is 0 Å². The minimum absolute atomic E-state index is 0.148. The van der Waals surface area contributed by atoms with Gasteiger partial charge in [0.05, 0.1) is 11.1 Å². The quantitative estimate of drug-likeness (QED) is 0.639. The average Bonchev–Trinajstić information content (AvgIpc) is 2.87. The van der Waals surface area contributed by atoms with Crippen LogP contribution in [0.15, 0.2) is 48.5 Å². The van der Waals surface area contributed by atoms with Gasteiger partial charge in [-0.15, -0.1) is 0 Å². The highest BCUT2D eigenvalue weighted by atomic mass is 16.2. The first-order chi connectivity index (χ1) is 11.2. The number of nitrogens with one attached hydrogen (secondary N) is 1. The average molecular weight is 307 g/mol. The highest BCUT2D eigenvalue weighted by Gasteiger charge is 2.31. The number of benzene rings is 2. The highest BCUT2D eigenvalue weighted by Crippen LogP contribution is 2.34. The van der Waals surface area contributed by atoms with Crippen LogP contribution < -0.4 is 5.32 Å². The summed E-state index contributed by atoms with van der Waals surface area (Å²) >= 11 is 0. The Morgan fingerprint density at radius 3 is 2.43 bits per heavy atom. The molecule has 1 aliphatic heterocycles. The Morgan fingerprint density at radius 2 is 1.70 bits per heavy atom. The Balaban J connectivity index is 2.04. The van der Waals surface area contributed by atoms with Gasteiger partial charge in [-0.05, 0) is 23.6 Å². The number of hydrogen-bond donors (Lipinski definition) is 1. The monoisotopic (exact) mass is 307 g/mol. The Hall–Kier alpha value is -2.42. The molecular weight excluding hydrogens is 286 g/mol. The zero-order valence-electron chi connectivity index (χ0n) is 13.3. The van der Waals surface area contributed by atoms with Gasteiger partial charge in [-0.1, -0.05) is 68.7 Å². The minimum Gasteiger partial charge on any atom is -0.288 e. The van der Waals surface area contributed by atoms with Crippen LogP contribution in [-0.4, -0.2) is 11.8 Å². The molecule has 118 valence electrons. The van der Waals surface area contributed by atoms with Gasteiger partial charge in [-0.2, -0.15) is 0 Å². The van der Waals surface area contributed by atoms with Crippen molar-refractivity contribution in [1.82, 2.24) is 5.32 Å². The van der Waals surface area contributed by atoms with E-state index in [4.69, 9.17) is 0 Å². The van der Waals surface area contributed by atoms with Gasteiger partial charge in [-0.3, -0.25) is 14.9 Å². The summed E-state index contributed by atoms with van der Waals surface area (Å²) in [6.07, 6.45) is 4.42. The molecule has 1 heterocycles. The van der Waals surface area contributed by atoms with Gasteiger partial charge in [0.15, 0.2) is 0 Å². The normalized spacial score (nSPS) is 14.5. The van der Waals surface area contributed by atoms with Gasteiger partial charge in [0, 0.05) is 5.92 Å². The molecule has 0 bridgehead atoms. The fraction of sp³-hybridized carbons (Fsp3) is 0.300. The van der Waals surface area contributed by atoms with E-state index in [1.807, 2.05) is 30.3 Å². The summed E-state index contributed by atoms with van der Waals surface area (Å²) in [7, 11) is 0. The molecule has 2 aromatic rings. The van der Waals surface area contributed by atoms with Crippen molar-refractivity contribution in [2.75, 3.05) is 0 Å². The Kier molecular flexibility index (Phi) is 4.56. The molecule has 3 heteroatoms. The Morgan fingerprint density at radius 1 is 0.913 bits per heavy atom. The van der Waals surface area contributed by atoms with Crippen LogP contribution in [0.5, 0.6) is 0 Å². The molecule has 0 saturated heterocycles. The van der Waals surface area contributed by atoms with Crippen LogP contribution in [-0.2, 0) is 0 Å². The van der Waals surface area contributed by atoms with Crippen molar-refractivity contribution in [2.45, 2.75) is 38.5 Å². The number of fused-ring (bicyclic) bond motifs is 1. The van der Waals surface area contributed by atoms with Gasteiger partial charge in [-0.25, -0.2) is 0 Å². The first-order valence-corrected chi connectivity index (χ1v) is 8.26. The number of carbonyl (C=O) groups is 2. The van der Waals surface area contributed by atoms with Crippen molar-refractivity contribution in [3.63, 3.8) is 0 Å². The summed E-state index contributed by atoms with van der Waals surface area (Å²) < 4.78 is 0. The van der Waals surface area contributed by atoms with E-state index in [1.54, 1.807) is 6.07 Å². The molecule has 0 aromatic heterocycles. The number of amides is 2. The number of unbranched alkanes of at least 4 members (excludes halogenated alkanes) is 2. The van der Waals surface area contributed by atoms with E-state index in [1.165, 1.54) is 12.0 Å². The summed E-state index contributed by atoms with van der Waals surface area (Å²) in [6.45, 7) is 2.18. The molecule has 3 nitrogen and oxygen atoms in total. The third-order valence-electron chi connectivity index (χ3n) is 4.47. The largest absolute Gasteiger partial charge is 0.288 e. The molecule has 1 atom stereocenters. The lowest BCUT2D eigenvalue weighted by atomic mass is 9.83. The molecule has 2 amide bonds. The van der Waals surface area contributed by atoms with E-state index < -0.39 is 0 Å². The van der Waals surface area contributed by atoms with Crippen molar-refractivity contribution in [1.29, 1.82) is 0 Å². The van der Waals surface area contributed by atoms with Gasteiger partial charge >= 0.3 is 0 Å². The van der Waals surface area contributed by atoms with E-state index in [2.05, 4.69) is 24.4 Å². The van der Waals surface area contributed by atoms with E-state index in [9.17, 15) is 9.59 Å². The van der Waals surface area contributed by atoms with E-state index in [-0.39, 0.29) is 17.7 Å². The van der Waals surface area contributed by atoms with Gasteiger partial charge in [0.1, 0.15) is 0 Å². The SMILES string of the molecule is CCCCCC(c1ccccc1)c1cccc2c1C(=O)NC2=O. The molecule has 0 aliphatic carbocycles. The molecule has 1 N–H and O–H groups in total. The maximum atomic E-state index is 12.2. The molecule has 0 saturated carbocycles. The smallest absolute Gasteiger partial charge is 0.259 e. The second-order valence-electron chi connectivity index (χ2n) is 6.01.